The number of β-amino-alcohol motifs (C(OH)–C–C–N with tert-alkyl or cyclic N) is 1. The van der Waals surface area contributed by atoms with Gasteiger partial charge in [-0.15, -0.1) is 0 Å². The number of likely N-dealkylation sites (tertiary alicyclic amines) is 1. The number of aryl methyl sites for hydroxylation is 1. The van der Waals surface area contributed by atoms with Crippen LogP contribution in [0.4, 0.5) is 0 Å². The number of aliphatic hydroxyl groups excluding tert-OH is 4. The molecule has 10 heteroatoms. The van der Waals surface area contributed by atoms with Crippen molar-refractivity contribution < 1.29 is 40.2 Å². The first-order valence-corrected chi connectivity index (χ1v) is 12.0. The Balaban J connectivity index is 0.000000308. The van der Waals surface area contributed by atoms with Gasteiger partial charge in [-0.3, -0.25) is 4.98 Å². The molecule has 6 atom stereocenters. The molecule has 0 spiro atoms. The highest BCUT2D eigenvalue weighted by Crippen LogP contribution is 2.34. The zero-order valence-corrected chi connectivity index (χ0v) is 20.1. The summed E-state index contributed by atoms with van der Waals surface area (Å²) < 4.78 is 0. The molecule has 2 aromatic rings. The number of benzene rings is 1. The Morgan fingerprint density at radius 3 is 2.33 bits per heavy atom. The summed E-state index contributed by atoms with van der Waals surface area (Å²) >= 11 is 0. The lowest BCUT2D eigenvalue weighted by Crippen LogP contribution is -2.45. The van der Waals surface area contributed by atoms with Crippen LogP contribution in [0.25, 0.3) is 0 Å². The van der Waals surface area contributed by atoms with Crippen LogP contribution >= 0.6 is 0 Å². The van der Waals surface area contributed by atoms with E-state index in [0.717, 1.165) is 38.0 Å². The van der Waals surface area contributed by atoms with Crippen LogP contribution in [0.2, 0.25) is 0 Å². The van der Waals surface area contributed by atoms with Crippen LogP contribution in [-0.4, -0.2) is 90.4 Å². The largest absolute Gasteiger partial charge is 0.479 e. The molecule has 0 saturated carbocycles. The number of aliphatic carboxylic acids is 2. The van der Waals surface area contributed by atoms with E-state index in [1.54, 1.807) is 6.20 Å². The number of pyridine rings is 1. The summed E-state index contributed by atoms with van der Waals surface area (Å²) in [5.41, 5.74) is 4.57. The molecule has 2 heterocycles. The van der Waals surface area contributed by atoms with Crippen molar-refractivity contribution in [3.8, 4) is 0 Å². The standard InChI is InChI=1S/C22H28N2O2.C4H6O6/c1-15-5-2-3-7-18(15)19-8-10-24(14-21(19)26)13-16-11-17-6-4-9-23-22(17)20(25)12-16;5-1(3(7)8)2(6)4(9)10/h2-7,9,16,19-21,25-26H,8,10-14H2,1H3;1-2,5-6H,(H,7,8)(H,9,10)/t16-,19-,20+,21+;1-,2-/m11/s1. The SMILES string of the molecule is Cc1ccccc1[C@H]1CCN(C[C@@H]2Cc3cccnc3[C@@H](O)C2)C[C@@H]1O.O=C(O)[C@H](O)[C@@H](O)C(=O)O. The zero-order chi connectivity index (χ0) is 26.4. The lowest BCUT2D eigenvalue weighted by molar-refractivity contribution is -0.165. The molecule has 0 amide bonds. The third-order valence-corrected chi connectivity index (χ3v) is 6.88. The number of aromatic nitrogens is 1. The summed E-state index contributed by atoms with van der Waals surface area (Å²) in [7, 11) is 0. The molecule has 0 unspecified atom stereocenters. The van der Waals surface area contributed by atoms with Gasteiger partial charge in [0.1, 0.15) is 0 Å². The topological polar surface area (TPSA) is 172 Å². The molecular formula is C26H34N2O8. The highest BCUT2D eigenvalue weighted by Gasteiger charge is 2.33. The average Bonchev–Trinajstić information content (AvgIpc) is 2.84. The second-order valence-electron chi connectivity index (χ2n) is 9.51. The number of carbonyl (C=O) groups is 2. The predicted molar refractivity (Wildman–Crippen MR) is 129 cm³/mol. The molecular weight excluding hydrogens is 468 g/mol. The van der Waals surface area contributed by atoms with Gasteiger partial charge in [-0.05, 0) is 61.4 Å². The Morgan fingerprint density at radius 2 is 1.72 bits per heavy atom. The molecule has 4 rings (SSSR count). The molecule has 0 bridgehead atoms. The van der Waals surface area contributed by atoms with E-state index in [1.165, 1.54) is 16.7 Å². The molecule has 196 valence electrons. The molecule has 6 N–H and O–H groups in total. The van der Waals surface area contributed by atoms with Gasteiger partial charge in [0, 0.05) is 25.2 Å². The van der Waals surface area contributed by atoms with Gasteiger partial charge in [0.05, 0.1) is 17.9 Å². The van der Waals surface area contributed by atoms with Crippen LogP contribution in [0.15, 0.2) is 42.6 Å². The molecule has 36 heavy (non-hydrogen) atoms. The van der Waals surface area contributed by atoms with Gasteiger partial charge in [-0.25, -0.2) is 9.59 Å². The Kier molecular flexibility index (Phi) is 9.52. The number of nitrogens with zero attached hydrogens (tertiary/aromatic N) is 2. The summed E-state index contributed by atoms with van der Waals surface area (Å²) in [6, 6.07) is 12.4. The molecule has 2 aliphatic rings. The Labute approximate surface area is 209 Å². The van der Waals surface area contributed by atoms with Gasteiger partial charge in [0.2, 0.25) is 0 Å². The highest BCUT2D eigenvalue weighted by atomic mass is 16.4. The van der Waals surface area contributed by atoms with E-state index in [4.69, 9.17) is 20.4 Å². The van der Waals surface area contributed by atoms with Crippen LogP contribution in [0.5, 0.6) is 0 Å². The van der Waals surface area contributed by atoms with E-state index < -0.39 is 30.3 Å². The molecule has 1 aromatic heterocycles. The Morgan fingerprint density at radius 1 is 1.06 bits per heavy atom. The number of hydrogen-bond donors (Lipinski definition) is 6. The third-order valence-electron chi connectivity index (χ3n) is 6.88. The maximum absolute atomic E-state index is 10.8. The number of carboxylic acid groups (broad SMARTS) is 2. The minimum atomic E-state index is -2.27. The molecule has 0 radical (unpaired) electrons. The van der Waals surface area contributed by atoms with Gasteiger partial charge in [-0.2, -0.15) is 0 Å². The fourth-order valence-corrected chi connectivity index (χ4v) is 5.05. The average molecular weight is 503 g/mol. The van der Waals surface area contributed by atoms with Crippen molar-refractivity contribution in [3.05, 3.63) is 65.0 Å². The van der Waals surface area contributed by atoms with Crippen LogP contribution in [0.3, 0.4) is 0 Å². The Bertz CT molecular complexity index is 1030. The molecule has 10 nitrogen and oxygen atoms in total. The number of aliphatic hydroxyl groups is 4. The number of fused-ring (bicyclic) bond motifs is 1. The second-order valence-corrected chi connectivity index (χ2v) is 9.51. The van der Waals surface area contributed by atoms with E-state index in [9.17, 15) is 19.8 Å². The van der Waals surface area contributed by atoms with Crippen molar-refractivity contribution in [3.63, 3.8) is 0 Å². The quantitative estimate of drug-likeness (QED) is 0.330. The first-order valence-electron chi connectivity index (χ1n) is 12.0. The summed E-state index contributed by atoms with van der Waals surface area (Å²) in [4.78, 5) is 26.3. The summed E-state index contributed by atoms with van der Waals surface area (Å²) in [5, 5.41) is 53.7. The van der Waals surface area contributed by atoms with Crippen LogP contribution in [0, 0.1) is 12.8 Å². The normalized spacial score (nSPS) is 25.6. The van der Waals surface area contributed by atoms with E-state index >= 15 is 0 Å². The number of piperidine rings is 1. The minimum absolute atomic E-state index is 0.231. The summed E-state index contributed by atoms with van der Waals surface area (Å²) in [6.45, 7) is 4.78. The monoisotopic (exact) mass is 502 g/mol. The van der Waals surface area contributed by atoms with Gasteiger partial charge >= 0.3 is 11.9 Å². The number of carboxylic acids is 2. The lowest BCUT2D eigenvalue weighted by atomic mass is 9.82. The van der Waals surface area contributed by atoms with Crippen molar-refractivity contribution >= 4 is 11.9 Å². The van der Waals surface area contributed by atoms with Crippen molar-refractivity contribution in [2.45, 2.75) is 56.5 Å². The highest BCUT2D eigenvalue weighted by molar-refractivity contribution is 5.83. The number of hydrogen-bond acceptors (Lipinski definition) is 8. The van der Waals surface area contributed by atoms with E-state index in [0.29, 0.717) is 12.5 Å². The van der Waals surface area contributed by atoms with Gasteiger partial charge in [0.25, 0.3) is 0 Å². The first-order chi connectivity index (χ1) is 17.1. The molecule has 1 aliphatic heterocycles. The van der Waals surface area contributed by atoms with Crippen molar-refractivity contribution in [1.29, 1.82) is 0 Å². The smallest absolute Gasteiger partial charge is 0.335 e. The zero-order valence-electron chi connectivity index (χ0n) is 20.1. The van der Waals surface area contributed by atoms with E-state index in [-0.39, 0.29) is 12.0 Å². The fraction of sp³-hybridized carbons (Fsp3) is 0.500. The lowest BCUT2D eigenvalue weighted by Gasteiger charge is -2.39. The van der Waals surface area contributed by atoms with Crippen LogP contribution < -0.4 is 0 Å². The van der Waals surface area contributed by atoms with Crippen molar-refractivity contribution in [2.75, 3.05) is 19.6 Å². The Hall–Kier alpha value is -2.89. The second kappa shape index (κ2) is 12.4. The summed E-state index contributed by atoms with van der Waals surface area (Å²) in [5.74, 6) is -2.89. The molecule has 1 aliphatic carbocycles. The number of rotatable bonds is 6. The minimum Gasteiger partial charge on any atom is -0.479 e. The van der Waals surface area contributed by atoms with Gasteiger partial charge < -0.3 is 35.5 Å². The predicted octanol–water partition coefficient (Wildman–Crippen LogP) is 0.714. The van der Waals surface area contributed by atoms with E-state index in [2.05, 4.69) is 47.1 Å². The van der Waals surface area contributed by atoms with Gasteiger partial charge in [-0.1, -0.05) is 30.3 Å². The van der Waals surface area contributed by atoms with E-state index in [1.807, 2.05) is 6.07 Å². The van der Waals surface area contributed by atoms with Crippen molar-refractivity contribution in [2.24, 2.45) is 5.92 Å². The first kappa shape index (κ1) is 27.7. The molecule has 1 saturated heterocycles. The van der Waals surface area contributed by atoms with Crippen molar-refractivity contribution in [1.82, 2.24) is 9.88 Å². The maximum atomic E-state index is 10.8. The van der Waals surface area contributed by atoms with Gasteiger partial charge in [0.15, 0.2) is 12.2 Å². The fourth-order valence-electron chi connectivity index (χ4n) is 5.05. The van der Waals surface area contributed by atoms with Crippen LogP contribution in [-0.2, 0) is 16.0 Å². The molecule has 1 aromatic carbocycles. The van der Waals surface area contributed by atoms with Crippen LogP contribution in [0.1, 0.15) is 47.2 Å². The summed E-state index contributed by atoms with van der Waals surface area (Å²) in [6.07, 6.45) is -0.845. The third kappa shape index (κ3) is 6.86. The molecule has 1 fully saturated rings. The maximum Gasteiger partial charge on any atom is 0.335 e.